The first-order valence-corrected chi connectivity index (χ1v) is 7.44. The Balaban J connectivity index is 1.89. The van der Waals surface area contributed by atoms with Gasteiger partial charge in [-0.25, -0.2) is 13.2 Å². The number of anilines is 3. The van der Waals surface area contributed by atoms with Crippen molar-refractivity contribution < 1.29 is 22.7 Å². The second kappa shape index (κ2) is 7.14. The maximum absolute atomic E-state index is 13.8. The molecule has 1 aromatic heterocycles. The smallest absolute Gasteiger partial charge is 0.261 e. The average Bonchev–Trinajstić information content (AvgIpc) is 2.59. The summed E-state index contributed by atoms with van der Waals surface area (Å²) in [7, 11) is 0. The largest absolute Gasteiger partial charge is 0.619 e. The lowest BCUT2D eigenvalue weighted by molar-refractivity contribution is -0.605. The molecule has 5 nitrogen and oxygen atoms in total. The van der Waals surface area contributed by atoms with Crippen LogP contribution in [-0.4, -0.2) is 5.91 Å². The molecule has 0 unspecified atom stereocenters. The quantitative estimate of drug-likeness (QED) is 0.551. The van der Waals surface area contributed by atoms with E-state index in [1.807, 2.05) is 0 Å². The Labute approximate surface area is 146 Å². The van der Waals surface area contributed by atoms with E-state index in [1.165, 1.54) is 30.5 Å². The summed E-state index contributed by atoms with van der Waals surface area (Å²) in [6, 6.07) is 9.19. The molecule has 0 atom stereocenters. The third kappa shape index (κ3) is 3.92. The van der Waals surface area contributed by atoms with Crippen LogP contribution in [-0.2, 0) is 0 Å². The van der Waals surface area contributed by atoms with Crippen molar-refractivity contribution in [3.63, 3.8) is 0 Å². The molecule has 2 N–H and O–H groups in total. The summed E-state index contributed by atoms with van der Waals surface area (Å²) in [6.45, 7) is 0. The molecule has 0 bridgehead atoms. The SMILES string of the molecule is O=C(Nc1cc(F)ccc1Nc1ccc(F)cc1F)c1ccc[n+]([O-])c1. The number of hydrogen-bond acceptors (Lipinski definition) is 3. The van der Waals surface area contributed by atoms with Crippen LogP contribution in [0, 0.1) is 22.7 Å². The normalized spacial score (nSPS) is 10.4. The van der Waals surface area contributed by atoms with E-state index in [-0.39, 0.29) is 22.6 Å². The second-order valence-electron chi connectivity index (χ2n) is 5.35. The van der Waals surface area contributed by atoms with Gasteiger partial charge in [-0.05, 0) is 36.4 Å². The Morgan fingerprint density at radius 2 is 1.62 bits per heavy atom. The van der Waals surface area contributed by atoms with E-state index in [1.54, 1.807) is 0 Å². The third-order valence-electron chi connectivity index (χ3n) is 3.47. The van der Waals surface area contributed by atoms with Gasteiger partial charge < -0.3 is 15.8 Å². The Bertz CT molecular complexity index is 980. The molecule has 1 heterocycles. The highest BCUT2D eigenvalue weighted by atomic mass is 19.1. The molecule has 0 fully saturated rings. The van der Waals surface area contributed by atoms with Crippen LogP contribution in [0.4, 0.5) is 30.2 Å². The highest BCUT2D eigenvalue weighted by molar-refractivity contribution is 6.05. The predicted octanol–water partition coefficient (Wildman–Crippen LogP) is 3.73. The Hall–Kier alpha value is -3.55. The first-order valence-electron chi connectivity index (χ1n) is 7.44. The van der Waals surface area contributed by atoms with Crippen molar-refractivity contribution in [3.05, 3.63) is 89.1 Å². The zero-order valence-electron chi connectivity index (χ0n) is 13.2. The van der Waals surface area contributed by atoms with Crippen molar-refractivity contribution in [1.82, 2.24) is 0 Å². The van der Waals surface area contributed by atoms with E-state index in [0.717, 1.165) is 24.4 Å². The number of nitrogens with zero attached hydrogens (tertiary/aromatic N) is 1. The molecule has 2 aromatic carbocycles. The highest BCUT2D eigenvalue weighted by Crippen LogP contribution is 2.28. The summed E-state index contributed by atoms with van der Waals surface area (Å²) in [5.74, 6) is -2.86. The number of carbonyl (C=O) groups is 1. The van der Waals surface area contributed by atoms with E-state index in [4.69, 9.17) is 0 Å². The first kappa shape index (κ1) is 17.3. The molecular weight excluding hydrogens is 347 g/mol. The van der Waals surface area contributed by atoms with E-state index >= 15 is 0 Å². The van der Waals surface area contributed by atoms with Gasteiger partial charge in [-0.1, -0.05) is 0 Å². The van der Waals surface area contributed by atoms with Gasteiger partial charge in [0, 0.05) is 12.1 Å². The van der Waals surface area contributed by atoms with Gasteiger partial charge in [-0.3, -0.25) is 4.79 Å². The Kier molecular flexibility index (Phi) is 4.74. The number of nitrogens with one attached hydrogen (secondary N) is 2. The van der Waals surface area contributed by atoms with Crippen LogP contribution >= 0.6 is 0 Å². The van der Waals surface area contributed by atoms with Gasteiger partial charge in [-0.2, -0.15) is 4.73 Å². The van der Waals surface area contributed by atoms with Gasteiger partial charge in [0.2, 0.25) is 0 Å². The van der Waals surface area contributed by atoms with Crippen LogP contribution in [0.25, 0.3) is 0 Å². The zero-order valence-corrected chi connectivity index (χ0v) is 13.2. The lowest BCUT2D eigenvalue weighted by atomic mass is 10.2. The van der Waals surface area contributed by atoms with Crippen LogP contribution < -0.4 is 15.4 Å². The number of pyridine rings is 1. The van der Waals surface area contributed by atoms with Gasteiger partial charge in [0.1, 0.15) is 23.0 Å². The molecule has 0 aliphatic heterocycles. The molecule has 3 rings (SSSR count). The van der Waals surface area contributed by atoms with E-state index < -0.39 is 23.4 Å². The second-order valence-corrected chi connectivity index (χ2v) is 5.35. The number of halogens is 3. The van der Waals surface area contributed by atoms with Crippen molar-refractivity contribution in [2.75, 3.05) is 10.6 Å². The maximum Gasteiger partial charge on any atom is 0.261 e. The average molecular weight is 359 g/mol. The Morgan fingerprint density at radius 3 is 2.31 bits per heavy atom. The maximum atomic E-state index is 13.8. The van der Waals surface area contributed by atoms with Gasteiger partial charge in [0.15, 0.2) is 12.4 Å². The molecule has 26 heavy (non-hydrogen) atoms. The zero-order chi connectivity index (χ0) is 18.7. The molecule has 0 aliphatic rings. The number of aromatic nitrogens is 1. The summed E-state index contributed by atoms with van der Waals surface area (Å²) in [6.07, 6.45) is 2.27. The number of rotatable bonds is 4. The topological polar surface area (TPSA) is 68.1 Å². The number of hydrogen-bond donors (Lipinski definition) is 2. The predicted molar refractivity (Wildman–Crippen MR) is 89.4 cm³/mol. The molecule has 8 heteroatoms. The summed E-state index contributed by atoms with van der Waals surface area (Å²) in [5.41, 5.74) is 0.229. The summed E-state index contributed by atoms with van der Waals surface area (Å²) in [5, 5.41) is 16.4. The van der Waals surface area contributed by atoms with Crippen LogP contribution in [0.2, 0.25) is 0 Å². The first-order chi connectivity index (χ1) is 12.4. The molecule has 1 amide bonds. The van der Waals surface area contributed by atoms with Crippen LogP contribution in [0.3, 0.4) is 0 Å². The standard InChI is InChI=1S/C18H12F3N3O2/c19-12-3-5-15(14(21)8-12)22-16-6-4-13(20)9-17(16)23-18(25)11-2-1-7-24(26)10-11/h1-10,22H,(H,23,25). The monoisotopic (exact) mass is 359 g/mol. The van der Waals surface area contributed by atoms with Crippen LogP contribution in [0.1, 0.15) is 10.4 Å². The molecule has 0 saturated carbocycles. The summed E-state index contributed by atoms with van der Waals surface area (Å²) < 4.78 is 40.9. The lowest BCUT2D eigenvalue weighted by Gasteiger charge is -2.14. The van der Waals surface area contributed by atoms with Gasteiger partial charge in [-0.15, -0.1) is 0 Å². The molecule has 0 radical (unpaired) electrons. The van der Waals surface area contributed by atoms with Gasteiger partial charge in [0.25, 0.3) is 5.91 Å². The number of benzene rings is 2. The third-order valence-corrected chi connectivity index (χ3v) is 3.47. The number of carbonyl (C=O) groups excluding carboxylic acids is 1. The minimum Gasteiger partial charge on any atom is -0.619 e. The van der Waals surface area contributed by atoms with Crippen molar-refractivity contribution in [2.24, 2.45) is 0 Å². The molecule has 0 aliphatic carbocycles. The fourth-order valence-electron chi connectivity index (χ4n) is 2.25. The molecule has 0 saturated heterocycles. The van der Waals surface area contributed by atoms with Crippen LogP contribution in [0.5, 0.6) is 0 Å². The van der Waals surface area contributed by atoms with Crippen molar-refractivity contribution >= 4 is 23.0 Å². The highest BCUT2D eigenvalue weighted by Gasteiger charge is 2.14. The fraction of sp³-hybridized carbons (Fsp3) is 0. The Morgan fingerprint density at radius 1 is 0.923 bits per heavy atom. The molecular formula is C18H12F3N3O2. The van der Waals surface area contributed by atoms with Crippen molar-refractivity contribution in [3.8, 4) is 0 Å². The van der Waals surface area contributed by atoms with E-state index in [9.17, 15) is 23.2 Å². The summed E-state index contributed by atoms with van der Waals surface area (Å²) in [4.78, 5) is 12.3. The molecule has 0 spiro atoms. The fourth-order valence-corrected chi connectivity index (χ4v) is 2.25. The van der Waals surface area contributed by atoms with Crippen molar-refractivity contribution in [1.29, 1.82) is 0 Å². The van der Waals surface area contributed by atoms with E-state index in [0.29, 0.717) is 10.8 Å². The molecule has 132 valence electrons. The minimum atomic E-state index is -0.845. The lowest BCUT2D eigenvalue weighted by Crippen LogP contribution is -2.27. The summed E-state index contributed by atoms with van der Waals surface area (Å²) >= 11 is 0. The minimum absolute atomic E-state index is 0.0278. The number of amides is 1. The van der Waals surface area contributed by atoms with Crippen LogP contribution in [0.15, 0.2) is 60.9 Å². The van der Waals surface area contributed by atoms with Gasteiger partial charge >= 0.3 is 0 Å². The van der Waals surface area contributed by atoms with Gasteiger partial charge in [0.05, 0.1) is 17.1 Å². The van der Waals surface area contributed by atoms with E-state index in [2.05, 4.69) is 10.6 Å². The van der Waals surface area contributed by atoms with Crippen molar-refractivity contribution in [2.45, 2.75) is 0 Å². The molecule has 3 aromatic rings.